The third-order valence-electron chi connectivity index (χ3n) is 16.3. The van der Waals surface area contributed by atoms with Crippen molar-refractivity contribution >= 4 is 11.0 Å². The van der Waals surface area contributed by atoms with E-state index in [1.807, 2.05) is 47.2 Å². The Morgan fingerprint density at radius 2 is 1.22 bits per heavy atom. The Morgan fingerprint density at radius 1 is 0.622 bits per heavy atom. The molecule has 1 N–H and O–H groups in total. The van der Waals surface area contributed by atoms with Crippen molar-refractivity contribution in [2.75, 3.05) is 0 Å². The predicted molar refractivity (Wildman–Crippen MR) is 313 cm³/mol. The van der Waals surface area contributed by atoms with Gasteiger partial charge in [-0.05, 0) is 152 Å². The molecular formula is C69H82N3OPt-. The number of nitrogens with zero attached hydrogens (tertiary/aromatic N) is 3. The molecule has 0 saturated carbocycles. The Morgan fingerprint density at radius 3 is 1.78 bits per heavy atom. The Bertz CT molecular complexity index is 3480. The van der Waals surface area contributed by atoms with Crippen LogP contribution in [0.15, 0.2) is 121 Å². The molecule has 0 bridgehead atoms. The fraction of sp³-hybridized carbons (Fsp3) is 0.391. The number of hydrogen-bond donors (Lipinski definition) is 1. The molecule has 8 aromatic rings. The molecule has 74 heavy (non-hydrogen) atoms. The fourth-order valence-electron chi connectivity index (χ4n) is 10.4. The summed E-state index contributed by atoms with van der Waals surface area (Å²) >= 11 is 0. The molecule has 0 aliphatic heterocycles. The summed E-state index contributed by atoms with van der Waals surface area (Å²) in [4.78, 5) is 10.4. The smallest absolute Gasteiger partial charge is 0.148 e. The maximum atomic E-state index is 12.6. The largest absolute Gasteiger partial charge is 0.507 e. The van der Waals surface area contributed by atoms with Crippen molar-refractivity contribution in [1.29, 1.82) is 0 Å². The minimum atomic E-state index is -2.61. The summed E-state index contributed by atoms with van der Waals surface area (Å²) in [5.74, 6) is -2.25. The molecule has 4 nitrogen and oxygen atoms in total. The number of fused-ring (bicyclic) bond motifs is 1. The van der Waals surface area contributed by atoms with Crippen LogP contribution in [0.4, 0.5) is 0 Å². The first-order valence-electron chi connectivity index (χ1n) is 29.1. The molecule has 0 radical (unpaired) electrons. The molecule has 6 aromatic carbocycles. The first kappa shape index (κ1) is 49.3. The number of aromatic nitrogens is 3. The number of hydrogen-bond acceptors (Lipinski definition) is 3. The Kier molecular flexibility index (Phi) is 14.4. The van der Waals surface area contributed by atoms with Crippen LogP contribution in [0, 0.1) is 12.9 Å². The van der Waals surface area contributed by atoms with Gasteiger partial charge < -0.3 is 5.11 Å². The summed E-state index contributed by atoms with van der Waals surface area (Å²) in [5, 5.41) is 12.6. The second kappa shape index (κ2) is 21.6. The van der Waals surface area contributed by atoms with Crippen molar-refractivity contribution in [3.63, 3.8) is 0 Å². The number of rotatable bonds is 14. The molecule has 8 rings (SSSR count). The van der Waals surface area contributed by atoms with Crippen LogP contribution in [0.5, 0.6) is 5.75 Å². The monoisotopic (exact) mass is 1170 g/mol. The number of aromatic hydroxyl groups is 1. The van der Waals surface area contributed by atoms with Gasteiger partial charge in [-0.25, -0.2) is 4.98 Å². The van der Waals surface area contributed by atoms with Gasteiger partial charge in [-0.3, -0.25) is 9.55 Å². The van der Waals surface area contributed by atoms with Crippen molar-refractivity contribution in [3.8, 4) is 67.5 Å². The Hall–Kier alpha value is -5.57. The molecule has 5 heteroatoms. The molecule has 0 atom stereocenters. The number of benzene rings is 6. The van der Waals surface area contributed by atoms with Crippen molar-refractivity contribution in [3.05, 3.63) is 166 Å². The minimum Gasteiger partial charge on any atom is -0.507 e. The first-order chi connectivity index (χ1) is 36.3. The molecule has 0 aliphatic rings. The van der Waals surface area contributed by atoms with Crippen LogP contribution in [0.1, 0.15) is 194 Å². The fourth-order valence-corrected chi connectivity index (χ4v) is 10.4. The Balaban J connectivity index is 0.00000903. The Labute approximate surface area is 466 Å². The molecule has 0 spiro atoms. The molecule has 0 fully saturated rings. The molecular weight excluding hydrogens is 1080 g/mol. The molecule has 0 amide bonds. The SMILES string of the molecule is [2H]C([2H])([2H])c1cc(-c2c(C(C)(CC)CC)cccc2C(C)(CC)CC)ccc1-n1c(-c2cc(C([2H])(C)C)cc(C([2H])(C)C)c2O)nc2c(-c3[c-]c(-c4cc(-c5ccc(C(C)(C)C)cc5)ccn4)cc(C(C)(C)C)c3)cccc21.[Pt]. The summed E-state index contributed by atoms with van der Waals surface area (Å²) in [6.07, 6.45) is 5.49. The number of aryl methyl sites for hydroxylation is 1. The van der Waals surface area contributed by atoms with Gasteiger partial charge in [-0.15, -0.1) is 29.3 Å². The van der Waals surface area contributed by atoms with E-state index in [-0.39, 0.29) is 54.0 Å². The third kappa shape index (κ3) is 10.6. The van der Waals surface area contributed by atoms with Crippen molar-refractivity contribution in [1.82, 2.24) is 14.5 Å². The van der Waals surface area contributed by atoms with Crippen LogP contribution in [0.3, 0.4) is 0 Å². The molecule has 390 valence electrons. The van der Waals surface area contributed by atoms with Gasteiger partial charge in [-0.1, -0.05) is 195 Å². The zero-order chi connectivity index (χ0) is 57.3. The summed E-state index contributed by atoms with van der Waals surface area (Å²) in [6.45, 7) is 31.2. The maximum Gasteiger partial charge on any atom is 0.148 e. The summed E-state index contributed by atoms with van der Waals surface area (Å²) in [6, 6.07) is 43.0. The van der Waals surface area contributed by atoms with Gasteiger partial charge in [0.25, 0.3) is 0 Å². The van der Waals surface area contributed by atoms with Gasteiger partial charge in [0.15, 0.2) is 0 Å². The number of pyridine rings is 1. The van der Waals surface area contributed by atoms with Crippen molar-refractivity contribution in [2.24, 2.45) is 0 Å². The number of para-hydroxylation sites is 1. The average molecular weight is 1170 g/mol. The second-order valence-corrected chi connectivity index (χ2v) is 23.6. The first-order valence-corrected chi connectivity index (χ1v) is 26.6. The van der Waals surface area contributed by atoms with Crippen LogP contribution >= 0.6 is 0 Å². The van der Waals surface area contributed by atoms with Gasteiger partial charge in [0.2, 0.25) is 0 Å². The zero-order valence-electron chi connectivity index (χ0n) is 52.0. The number of phenolic OH excluding ortho intramolecular Hbond substituents is 1. The molecule has 2 aromatic heterocycles. The normalized spacial score (nSPS) is 14.0. The van der Waals surface area contributed by atoms with Gasteiger partial charge in [0, 0.05) is 39.8 Å². The average Bonchev–Trinajstić information content (AvgIpc) is 3.78. The van der Waals surface area contributed by atoms with E-state index < -0.39 is 18.6 Å². The molecule has 0 aliphatic carbocycles. The van der Waals surface area contributed by atoms with Crippen LogP contribution in [0.2, 0.25) is 0 Å². The summed E-state index contributed by atoms with van der Waals surface area (Å²) in [5.41, 5.74) is 14.3. The van der Waals surface area contributed by atoms with E-state index in [1.54, 1.807) is 39.8 Å². The van der Waals surface area contributed by atoms with E-state index in [1.165, 1.54) is 16.7 Å². The zero-order valence-corrected chi connectivity index (χ0v) is 49.3. The summed E-state index contributed by atoms with van der Waals surface area (Å²) < 4.78 is 48.6. The van der Waals surface area contributed by atoms with E-state index in [2.05, 4.69) is 156 Å². The van der Waals surface area contributed by atoms with E-state index >= 15 is 0 Å². The quantitative estimate of drug-likeness (QED) is 0.110. The van der Waals surface area contributed by atoms with Crippen LogP contribution in [-0.4, -0.2) is 19.6 Å². The van der Waals surface area contributed by atoms with Gasteiger partial charge in [0.1, 0.15) is 11.6 Å². The van der Waals surface area contributed by atoms with Crippen LogP contribution < -0.4 is 0 Å². The molecule has 0 unspecified atom stereocenters. The van der Waals surface area contributed by atoms with E-state index in [0.29, 0.717) is 39.2 Å². The molecule has 0 saturated heterocycles. The molecule has 2 heterocycles. The van der Waals surface area contributed by atoms with Gasteiger partial charge >= 0.3 is 0 Å². The van der Waals surface area contributed by atoms with Crippen LogP contribution in [0.25, 0.3) is 72.7 Å². The standard InChI is InChI=1S/C69H82N3O.Pt/c1-18-68(16,19-2)57-25-23-26-58(69(17,20-3)21-4)62(57)48-30-33-60(45(9)36-48)72-61-27-22-24-54(63(61)71-65(72)56-41-49(43(5)6)40-55(44(7)8)64(56)73)50-37-51(39-53(38-50)67(13,14)15)59-42-47(34-35-70-59)46-28-31-52(32-29-46)66(10,11)12;/h22-36,38-44,73H,18-21H2,1-17H3;/q-1;/i9D3,43D,44D;. The number of phenols is 1. The third-order valence-corrected chi connectivity index (χ3v) is 16.3. The van der Waals surface area contributed by atoms with Crippen molar-refractivity contribution < 1.29 is 33.0 Å². The van der Waals surface area contributed by atoms with Gasteiger partial charge in [-0.2, -0.15) is 0 Å². The second-order valence-electron chi connectivity index (χ2n) is 23.6. The van der Waals surface area contributed by atoms with Gasteiger partial charge in [0.05, 0.1) is 22.3 Å². The van der Waals surface area contributed by atoms with Crippen LogP contribution in [-0.2, 0) is 42.7 Å². The number of imidazole rings is 1. The predicted octanol–water partition coefficient (Wildman–Crippen LogP) is 19.6. The van der Waals surface area contributed by atoms with E-state index in [4.69, 9.17) is 9.97 Å². The van der Waals surface area contributed by atoms with E-state index in [9.17, 15) is 12.0 Å². The van der Waals surface area contributed by atoms with Crippen molar-refractivity contribution in [2.45, 2.75) is 177 Å². The topological polar surface area (TPSA) is 50.9 Å². The van der Waals surface area contributed by atoms with E-state index in [0.717, 1.165) is 75.9 Å². The maximum absolute atomic E-state index is 12.6. The summed E-state index contributed by atoms with van der Waals surface area (Å²) in [7, 11) is 0. The minimum absolute atomic E-state index is 0.